The van der Waals surface area contributed by atoms with Gasteiger partial charge in [0.2, 0.25) is 11.8 Å². The van der Waals surface area contributed by atoms with Crippen LogP contribution in [-0.4, -0.2) is 37.4 Å². The summed E-state index contributed by atoms with van der Waals surface area (Å²) in [6.07, 6.45) is 0. The molecular weight excluding hydrogens is 218 g/mol. The van der Waals surface area contributed by atoms with Crippen LogP contribution in [0, 0.1) is 0 Å². The standard InChI is InChI=1S/C12H15N3O2/c1-14(2)10(16)7-15-9-6-4-3-5-8(9)11(13)12(15)17/h3-6,11H,7,13H2,1-2H3. The van der Waals surface area contributed by atoms with Crippen molar-refractivity contribution in [2.75, 3.05) is 25.5 Å². The second-order valence-corrected chi connectivity index (χ2v) is 4.25. The Morgan fingerprint density at radius 3 is 2.71 bits per heavy atom. The molecule has 90 valence electrons. The van der Waals surface area contributed by atoms with Gasteiger partial charge in [-0.05, 0) is 6.07 Å². The van der Waals surface area contributed by atoms with Gasteiger partial charge in [0.15, 0.2) is 0 Å². The fourth-order valence-electron chi connectivity index (χ4n) is 1.86. The molecule has 5 nitrogen and oxygen atoms in total. The molecule has 0 fully saturated rings. The molecule has 1 aliphatic rings. The zero-order valence-electron chi connectivity index (χ0n) is 9.88. The van der Waals surface area contributed by atoms with Gasteiger partial charge < -0.3 is 15.5 Å². The Balaban J connectivity index is 2.30. The van der Waals surface area contributed by atoms with Gasteiger partial charge in [0.1, 0.15) is 12.6 Å². The van der Waals surface area contributed by atoms with E-state index in [1.165, 1.54) is 9.80 Å². The molecule has 0 radical (unpaired) electrons. The fourth-order valence-corrected chi connectivity index (χ4v) is 1.86. The van der Waals surface area contributed by atoms with Gasteiger partial charge in [-0.15, -0.1) is 0 Å². The van der Waals surface area contributed by atoms with Gasteiger partial charge in [-0.2, -0.15) is 0 Å². The number of nitrogens with two attached hydrogens (primary N) is 1. The summed E-state index contributed by atoms with van der Waals surface area (Å²) in [7, 11) is 3.32. The van der Waals surface area contributed by atoms with Crippen LogP contribution in [0.25, 0.3) is 0 Å². The lowest BCUT2D eigenvalue weighted by Gasteiger charge is -2.19. The van der Waals surface area contributed by atoms with Crippen molar-refractivity contribution in [3.05, 3.63) is 29.8 Å². The number of para-hydroxylation sites is 1. The van der Waals surface area contributed by atoms with Crippen molar-refractivity contribution < 1.29 is 9.59 Å². The lowest BCUT2D eigenvalue weighted by atomic mass is 10.1. The van der Waals surface area contributed by atoms with Crippen LogP contribution < -0.4 is 10.6 Å². The van der Waals surface area contributed by atoms with Gasteiger partial charge in [0, 0.05) is 25.3 Å². The van der Waals surface area contributed by atoms with E-state index in [-0.39, 0.29) is 18.4 Å². The molecular formula is C12H15N3O2. The molecule has 0 bridgehead atoms. The van der Waals surface area contributed by atoms with E-state index >= 15 is 0 Å². The van der Waals surface area contributed by atoms with Gasteiger partial charge in [-0.1, -0.05) is 18.2 Å². The molecule has 0 saturated heterocycles. The lowest BCUT2D eigenvalue weighted by Crippen LogP contribution is -2.40. The van der Waals surface area contributed by atoms with Gasteiger partial charge >= 0.3 is 0 Å². The van der Waals surface area contributed by atoms with Crippen molar-refractivity contribution in [3.63, 3.8) is 0 Å². The Morgan fingerprint density at radius 2 is 2.06 bits per heavy atom. The summed E-state index contributed by atoms with van der Waals surface area (Å²) < 4.78 is 0. The lowest BCUT2D eigenvalue weighted by molar-refractivity contribution is -0.129. The SMILES string of the molecule is CN(C)C(=O)CN1C(=O)C(N)c2ccccc21. The Morgan fingerprint density at radius 1 is 1.41 bits per heavy atom. The molecule has 1 atom stereocenters. The molecule has 1 aliphatic heterocycles. The minimum Gasteiger partial charge on any atom is -0.347 e. The highest BCUT2D eigenvalue weighted by molar-refractivity contribution is 6.07. The maximum absolute atomic E-state index is 12.0. The van der Waals surface area contributed by atoms with Crippen LogP contribution in [0.15, 0.2) is 24.3 Å². The molecule has 0 aliphatic carbocycles. The first kappa shape index (κ1) is 11.6. The van der Waals surface area contributed by atoms with Crippen LogP contribution in [0.3, 0.4) is 0 Å². The molecule has 2 amide bonds. The summed E-state index contributed by atoms with van der Waals surface area (Å²) in [6, 6.07) is 6.64. The largest absolute Gasteiger partial charge is 0.347 e. The van der Waals surface area contributed by atoms with E-state index < -0.39 is 6.04 Å². The topological polar surface area (TPSA) is 66.6 Å². The van der Waals surface area contributed by atoms with Gasteiger partial charge in [-0.25, -0.2) is 0 Å². The predicted molar refractivity (Wildman–Crippen MR) is 64.4 cm³/mol. The summed E-state index contributed by atoms with van der Waals surface area (Å²) in [6.45, 7) is 0.0382. The van der Waals surface area contributed by atoms with Gasteiger partial charge in [0.25, 0.3) is 0 Å². The van der Waals surface area contributed by atoms with E-state index in [4.69, 9.17) is 5.73 Å². The quantitative estimate of drug-likeness (QED) is 0.789. The van der Waals surface area contributed by atoms with Crippen LogP contribution in [-0.2, 0) is 9.59 Å². The molecule has 1 heterocycles. The Labute approximate surface area is 99.8 Å². The van der Waals surface area contributed by atoms with Crippen LogP contribution in [0.5, 0.6) is 0 Å². The van der Waals surface area contributed by atoms with Gasteiger partial charge in [-0.3, -0.25) is 9.59 Å². The van der Waals surface area contributed by atoms with Crippen LogP contribution in [0.4, 0.5) is 5.69 Å². The summed E-state index contributed by atoms with van der Waals surface area (Å²) in [5, 5.41) is 0. The predicted octanol–water partition coefficient (Wildman–Crippen LogP) is 0.121. The highest BCUT2D eigenvalue weighted by Gasteiger charge is 2.35. The van der Waals surface area contributed by atoms with Crippen molar-refractivity contribution in [1.82, 2.24) is 4.90 Å². The molecule has 2 N–H and O–H groups in total. The number of hydrogen-bond donors (Lipinski definition) is 1. The first-order valence-corrected chi connectivity index (χ1v) is 5.38. The molecule has 5 heteroatoms. The third kappa shape index (κ3) is 1.89. The molecule has 1 aromatic carbocycles. The molecule has 17 heavy (non-hydrogen) atoms. The van der Waals surface area contributed by atoms with Crippen LogP contribution >= 0.6 is 0 Å². The summed E-state index contributed by atoms with van der Waals surface area (Å²) in [4.78, 5) is 26.5. The first-order chi connectivity index (χ1) is 8.02. The van der Waals surface area contributed by atoms with E-state index in [2.05, 4.69) is 0 Å². The minimum atomic E-state index is -0.652. The molecule has 0 saturated carbocycles. The average molecular weight is 233 g/mol. The maximum Gasteiger partial charge on any atom is 0.249 e. The number of fused-ring (bicyclic) bond motifs is 1. The van der Waals surface area contributed by atoms with Gasteiger partial charge in [0.05, 0.1) is 0 Å². The highest BCUT2D eigenvalue weighted by Crippen LogP contribution is 2.33. The van der Waals surface area contributed by atoms with E-state index in [1.54, 1.807) is 14.1 Å². The number of nitrogens with zero attached hydrogens (tertiary/aromatic N) is 2. The smallest absolute Gasteiger partial charge is 0.249 e. The number of likely N-dealkylation sites (N-methyl/N-ethyl adjacent to an activating group) is 1. The highest BCUT2D eigenvalue weighted by atomic mass is 16.2. The van der Waals surface area contributed by atoms with Crippen molar-refractivity contribution in [2.24, 2.45) is 5.73 Å². The van der Waals surface area contributed by atoms with E-state index in [0.29, 0.717) is 0 Å². The maximum atomic E-state index is 12.0. The number of hydrogen-bond acceptors (Lipinski definition) is 3. The van der Waals surface area contributed by atoms with Crippen molar-refractivity contribution in [2.45, 2.75) is 6.04 Å². The number of benzene rings is 1. The zero-order chi connectivity index (χ0) is 12.6. The third-order valence-electron chi connectivity index (χ3n) is 2.89. The zero-order valence-corrected chi connectivity index (χ0v) is 9.88. The van der Waals surface area contributed by atoms with E-state index in [0.717, 1.165) is 11.3 Å². The van der Waals surface area contributed by atoms with Crippen molar-refractivity contribution in [3.8, 4) is 0 Å². The molecule has 1 unspecified atom stereocenters. The summed E-state index contributed by atoms with van der Waals surface area (Å²) in [5.74, 6) is -0.344. The number of rotatable bonds is 2. The second-order valence-electron chi connectivity index (χ2n) is 4.25. The monoisotopic (exact) mass is 233 g/mol. The average Bonchev–Trinajstić information content (AvgIpc) is 2.55. The number of carbonyl (C=O) groups is 2. The summed E-state index contributed by atoms with van der Waals surface area (Å²) >= 11 is 0. The molecule has 1 aromatic rings. The number of amides is 2. The van der Waals surface area contributed by atoms with Crippen molar-refractivity contribution >= 4 is 17.5 Å². The Kier molecular flexibility index (Phi) is 2.85. The van der Waals surface area contributed by atoms with E-state index in [9.17, 15) is 9.59 Å². The fraction of sp³-hybridized carbons (Fsp3) is 0.333. The minimum absolute atomic E-state index is 0.0382. The van der Waals surface area contributed by atoms with Crippen LogP contribution in [0.2, 0.25) is 0 Å². The number of anilines is 1. The normalized spacial score (nSPS) is 18.2. The number of carbonyl (C=O) groups excluding carboxylic acids is 2. The second kappa shape index (κ2) is 4.18. The first-order valence-electron chi connectivity index (χ1n) is 5.38. The Bertz CT molecular complexity index is 471. The molecule has 0 aromatic heterocycles. The van der Waals surface area contributed by atoms with Crippen LogP contribution in [0.1, 0.15) is 11.6 Å². The van der Waals surface area contributed by atoms with Crippen molar-refractivity contribution in [1.29, 1.82) is 0 Å². The van der Waals surface area contributed by atoms with E-state index in [1.807, 2.05) is 24.3 Å². The Hall–Kier alpha value is -1.88. The molecule has 2 rings (SSSR count). The summed E-state index contributed by atoms with van der Waals surface area (Å²) in [5.41, 5.74) is 7.33. The third-order valence-corrected chi connectivity index (χ3v) is 2.89. The molecule has 0 spiro atoms.